The van der Waals surface area contributed by atoms with Crippen molar-refractivity contribution >= 4 is 29.1 Å². The monoisotopic (exact) mass is 270 g/mol. The van der Waals surface area contributed by atoms with Crippen LogP contribution in [0.15, 0.2) is 16.6 Å². The minimum atomic E-state index is -0.910. The number of nitrogens with zero attached hydrogens (tertiary/aromatic N) is 3. The molecule has 17 heavy (non-hydrogen) atoms. The average Bonchev–Trinajstić information content (AvgIpc) is 2.82. The van der Waals surface area contributed by atoms with E-state index in [0.717, 1.165) is 22.2 Å². The quantitative estimate of drug-likeness (QED) is 0.640. The number of carboxylic acid groups (broad SMARTS) is 1. The fraction of sp³-hybridized carbons (Fsp3) is 0.222. The number of rotatable bonds is 4. The number of hydrogen-bond donors (Lipinski definition) is 2. The second-order valence-corrected chi connectivity index (χ2v) is 5.15. The molecule has 0 spiro atoms. The number of nitrogens with two attached hydrogens (primary N) is 1. The third kappa shape index (κ3) is 2.42. The first-order valence-electron chi connectivity index (χ1n) is 4.69. The van der Waals surface area contributed by atoms with Crippen molar-refractivity contribution in [2.24, 2.45) is 0 Å². The molecule has 0 amide bonds. The smallest absolute Gasteiger partial charge is 0.313 e. The number of thioether (sulfide) groups is 1. The average molecular weight is 270 g/mol. The molecule has 0 aromatic carbocycles. The van der Waals surface area contributed by atoms with Crippen LogP contribution >= 0.6 is 23.1 Å². The molecule has 0 saturated carbocycles. The van der Waals surface area contributed by atoms with E-state index in [-0.39, 0.29) is 5.75 Å². The maximum absolute atomic E-state index is 10.5. The Hall–Kier alpha value is -1.54. The van der Waals surface area contributed by atoms with Crippen molar-refractivity contribution < 1.29 is 9.90 Å². The van der Waals surface area contributed by atoms with Crippen LogP contribution in [0, 0.1) is 6.92 Å². The molecule has 2 heterocycles. The third-order valence-electron chi connectivity index (χ3n) is 2.05. The van der Waals surface area contributed by atoms with Gasteiger partial charge in [-0.3, -0.25) is 4.79 Å². The highest BCUT2D eigenvalue weighted by molar-refractivity contribution is 7.99. The number of aryl methyl sites for hydroxylation is 1. The van der Waals surface area contributed by atoms with Crippen LogP contribution < -0.4 is 5.84 Å². The molecule has 0 aliphatic rings. The van der Waals surface area contributed by atoms with Crippen LogP contribution in [0.1, 0.15) is 5.56 Å². The van der Waals surface area contributed by atoms with Crippen LogP contribution in [0.5, 0.6) is 0 Å². The van der Waals surface area contributed by atoms with Gasteiger partial charge in [0.1, 0.15) is 0 Å². The number of aliphatic carboxylic acids is 1. The summed E-state index contributed by atoms with van der Waals surface area (Å²) < 4.78 is 1.33. The summed E-state index contributed by atoms with van der Waals surface area (Å²) in [4.78, 5) is 11.4. The molecule has 3 N–H and O–H groups in total. The van der Waals surface area contributed by atoms with Crippen molar-refractivity contribution in [2.45, 2.75) is 12.1 Å². The highest BCUT2D eigenvalue weighted by Crippen LogP contribution is 2.28. The molecule has 0 saturated heterocycles. The van der Waals surface area contributed by atoms with Crippen molar-refractivity contribution in [2.75, 3.05) is 11.6 Å². The fourth-order valence-electron chi connectivity index (χ4n) is 1.26. The molecule has 2 rings (SSSR count). The molecule has 0 radical (unpaired) electrons. The van der Waals surface area contributed by atoms with E-state index < -0.39 is 5.97 Å². The van der Waals surface area contributed by atoms with Crippen LogP contribution in [0.4, 0.5) is 0 Å². The highest BCUT2D eigenvalue weighted by Gasteiger charge is 2.15. The first-order valence-corrected chi connectivity index (χ1v) is 6.55. The Kier molecular flexibility index (Phi) is 3.34. The first kappa shape index (κ1) is 11.9. The molecule has 0 aliphatic carbocycles. The van der Waals surface area contributed by atoms with E-state index in [1.807, 2.05) is 18.4 Å². The van der Waals surface area contributed by atoms with Crippen LogP contribution in [0.25, 0.3) is 10.7 Å². The number of nitrogen functional groups attached to an aromatic ring is 1. The third-order valence-corrected chi connectivity index (χ3v) is 3.99. The highest BCUT2D eigenvalue weighted by atomic mass is 32.2. The zero-order chi connectivity index (χ0) is 12.4. The number of hydrogen-bond acceptors (Lipinski definition) is 6. The topological polar surface area (TPSA) is 94.0 Å². The van der Waals surface area contributed by atoms with Crippen molar-refractivity contribution in [1.82, 2.24) is 14.9 Å². The van der Waals surface area contributed by atoms with E-state index in [1.54, 1.807) is 0 Å². The second kappa shape index (κ2) is 4.76. The van der Waals surface area contributed by atoms with Crippen molar-refractivity contribution in [1.29, 1.82) is 0 Å². The predicted molar refractivity (Wildman–Crippen MR) is 66.6 cm³/mol. The maximum atomic E-state index is 10.5. The van der Waals surface area contributed by atoms with Crippen LogP contribution in [-0.4, -0.2) is 31.7 Å². The number of aromatic nitrogens is 3. The molecule has 0 fully saturated rings. The lowest BCUT2D eigenvalue weighted by atomic mass is 10.3. The van der Waals surface area contributed by atoms with E-state index >= 15 is 0 Å². The van der Waals surface area contributed by atoms with E-state index in [9.17, 15) is 4.79 Å². The Labute approximate surface area is 105 Å². The summed E-state index contributed by atoms with van der Waals surface area (Å²) in [6.45, 7) is 1.96. The molecule has 0 unspecified atom stereocenters. The van der Waals surface area contributed by atoms with E-state index in [1.165, 1.54) is 16.0 Å². The van der Waals surface area contributed by atoms with Crippen LogP contribution in [0.2, 0.25) is 0 Å². The Morgan fingerprint density at radius 3 is 3.00 bits per heavy atom. The summed E-state index contributed by atoms with van der Waals surface area (Å²) in [7, 11) is 0. The molecule has 2 aromatic heterocycles. The molecule has 6 nitrogen and oxygen atoms in total. The Bertz CT molecular complexity index is 549. The van der Waals surface area contributed by atoms with Gasteiger partial charge < -0.3 is 10.9 Å². The standard InChI is InChI=1S/C9H10N4O2S2/c1-5-2-3-16-7(5)8-11-12-9(13(8)10)17-4-6(14)15/h2-3H,4,10H2,1H3,(H,14,15). The van der Waals surface area contributed by atoms with Gasteiger partial charge in [-0.2, -0.15) is 0 Å². The lowest BCUT2D eigenvalue weighted by Crippen LogP contribution is -2.12. The van der Waals surface area contributed by atoms with E-state index in [4.69, 9.17) is 10.9 Å². The van der Waals surface area contributed by atoms with Crippen molar-refractivity contribution in [3.63, 3.8) is 0 Å². The van der Waals surface area contributed by atoms with Gasteiger partial charge in [-0.25, -0.2) is 4.68 Å². The van der Waals surface area contributed by atoms with Gasteiger partial charge >= 0.3 is 5.97 Å². The van der Waals surface area contributed by atoms with Crippen LogP contribution in [-0.2, 0) is 4.79 Å². The predicted octanol–water partition coefficient (Wildman–Crippen LogP) is 1.21. The van der Waals surface area contributed by atoms with E-state index in [2.05, 4.69) is 10.2 Å². The molecule has 8 heteroatoms. The zero-order valence-corrected chi connectivity index (χ0v) is 10.6. The second-order valence-electron chi connectivity index (χ2n) is 3.29. The normalized spacial score (nSPS) is 10.6. The molecule has 2 aromatic rings. The van der Waals surface area contributed by atoms with Gasteiger partial charge in [0.2, 0.25) is 5.16 Å². The molecule has 0 aliphatic heterocycles. The van der Waals surface area contributed by atoms with Gasteiger partial charge in [0, 0.05) is 0 Å². The van der Waals surface area contributed by atoms with Gasteiger partial charge in [0.05, 0.1) is 10.6 Å². The molecule has 90 valence electrons. The summed E-state index contributed by atoms with van der Waals surface area (Å²) in [6, 6.07) is 1.97. The fourth-order valence-corrected chi connectivity index (χ4v) is 2.74. The van der Waals surface area contributed by atoms with Gasteiger partial charge in [0.25, 0.3) is 0 Å². The Morgan fingerprint density at radius 2 is 2.41 bits per heavy atom. The summed E-state index contributed by atoms with van der Waals surface area (Å²) in [6.07, 6.45) is 0. The summed E-state index contributed by atoms with van der Waals surface area (Å²) >= 11 is 2.57. The zero-order valence-electron chi connectivity index (χ0n) is 8.95. The summed E-state index contributed by atoms with van der Waals surface area (Å²) in [5.41, 5.74) is 1.07. The summed E-state index contributed by atoms with van der Waals surface area (Å²) in [5, 5.41) is 18.8. The molecule has 0 bridgehead atoms. The number of carbonyl (C=O) groups is 1. The van der Waals surface area contributed by atoms with E-state index in [0.29, 0.717) is 11.0 Å². The van der Waals surface area contributed by atoms with Gasteiger partial charge in [-0.15, -0.1) is 21.5 Å². The summed E-state index contributed by atoms with van der Waals surface area (Å²) in [5.74, 6) is 5.40. The Balaban J connectivity index is 2.27. The lowest BCUT2D eigenvalue weighted by molar-refractivity contribution is -0.133. The van der Waals surface area contributed by atoms with Gasteiger partial charge in [-0.1, -0.05) is 11.8 Å². The van der Waals surface area contributed by atoms with Gasteiger partial charge in [0.15, 0.2) is 5.82 Å². The minimum absolute atomic E-state index is 0.0846. The SMILES string of the molecule is Cc1ccsc1-c1nnc(SCC(=O)O)n1N. The number of thiophene rings is 1. The lowest BCUT2D eigenvalue weighted by Gasteiger charge is -2.01. The Morgan fingerprint density at radius 1 is 1.65 bits per heavy atom. The van der Waals surface area contributed by atoms with Crippen LogP contribution in [0.3, 0.4) is 0 Å². The van der Waals surface area contributed by atoms with Crippen molar-refractivity contribution in [3.8, 4) is 10.7 Å². The minimum Gasteiger partial charge on any atom is -0.481 e. The molecule has 0 atom stereocenters. The largest absolute Gasteiger partial charge is 0.481 e. The molecular weight excluding hydrogens is 260 g/mol. The maximum Gasteiger partial charge on any atom is 0.313 e. The van der Waals surface area contributed by atoms with Gasteiger partial charge in [-0.05, 0) is 23.9 Å². The first-order chi connectivity index (χ1) is 8.09. The van der Waals surface area contributed by atoms with Crippen molar-refractivity contribution in [3.05, 3.63) is 17.0 Å². The molecular formula is C9H10N4O2S2. The number of carboxylic acids is 1.